The number of ether oxygens (including phenoxy) is 1. The summed E-state index contributed by atoms with van der Waals surface area (Å²) in [6, 6.07) is 1.46. The smallest absolute Gasteiger partial charge is 0.356 e. The Hall–Kier alpha value is -1.85. The average molecular weight is 212 g/mol. The van der Waals surface area contributed by atoms with E-state index >= 15 is 0 Å². The minimum absolute atomic E-state index is 0.0110. The van der Waals surface area contributed by atoms with E-state index in [9.17, 15) is 9.59 Å². The molecule has 0 aliphatic rings. The third-order valence-electron chi connectivity index (χ3n) is 1.90. The minimum atomic E-state index is -1.06. The zero-order valence-corrected chi connectivity index (χ0v) is 8.32. The molecule has 1 rings (SSSR count). The summed E-state index contributed by atoms with van der Waals surface area (Å²) < 4.78 is 4.47. The lowest BCUT2D eigenvalue weighted by Gasteiger charge is -1.97. The monoisotopic (exact) mass is 212 g/mol. The Kier molecular flexibility index (Phi) is 3.84. The maximum absolute atomic E-state index is 10.8. The molecule has 1 heterocycles. The fourth-order valence-corrected chi connectivity index (χ4v) is 1.12. The molecule has 0 radical (unpaired) electrons. The van der Waals surface area contributed by atoms with E-state index in [-0.39, 0.29) is 11.7 Å². The molecular weight excluding hydrogens is 200 g/mol. The average Bonchev–Trinajstić information content (AvgIpc) is 2.66. The molecule has 0 spiro atoms. The van der Waals surface area contributed by atoms with Gasteiger partial charge in [-0.25, -0.2) is 4.79 Å². The summed E-state index contributed by atoms with van der Waals surface area (Å²) in [6.45, 7) is 0. The topological polar surface area (TPSA) is 92.3 Å². The van der Waals surface area contributed by atoms with Gasteiger partial charge >= 0.3 is 11.9 Å². The third kappa shape index (κ3) is 3.41. The van der Waals surface area contributed by atoms with Crippen molar-refractivity contribution in [3.05, 3.63) is 17.5 Å². The predicted octanol–water partition coefficient (Wildman–Crippen LogP) is 0.604. The van der Waals surface area contributed by atoms with E-state index in [1.807, 2.05) is 0 Å². The van der Waals surface area contributed by atoms with Crippen LogP contribution in [0, 0.1) is 0 Å². The van der Waals surface area contributed by atoms with Crippen molar-refractivity contribution in [3.8, 4) is 0 Å². The number of carboxylic acid groups (broad SMARTS) is 1. The van der Waals surface area contributed by atoms with Gasteiger partial charge in [-0.15, -0.1) is 0 Å². The summed E-state index contributed by atoms with van der Waals surface area (Å²) in [7, 11) is 1.33. The van der Waals surface area contributed by atoms with Gasteiger partial charge in [0.15, 0.2) is 5.69 Å². The molecule has 15 heavy (non-hydrogen) atoms. The second kappa shape index (κ2) is 5.14. The van der Waals surface area contributed by atoms with Crippen molar-refractivity contribution >= 4 is 11.9 Å². The number of H-pyrrole nitrogens is 1. The molecule has 6 nitrogen and oxygen atoms in total. The van der Waals surface area contributed by atoms with Crippen molar-refractivity contribution < 1.29 is 19.4 Å². The number of carbonyl (C=O) groups is 2. The number of methoxy groups -OCH3 is 1. The zero-order valence-electron chi connectivity index (χ0n) is 8.32. The maximum Gasteiger partial charge on any atom is 0.356 e. The van der Waals surface area contributed by atoms with E-state index in [2.05, 4.69) is 14.9 Å². The Morgan fingerprint density at radius 1 is 1.60 bits per heavy atom. The molecule has 0 atom stereocenters. The van der Waals surface area contributed by atoms with Gasteiger partial charge in [0.2, 0.25) is 0 Å². The highest BCUT2D eigenvalue weighted by molar-refractivity contribution is 5.85. The Labute approximate surface area is 86.2 Å². The fourth-order valence-electron chi connectivity index (χ4n) is 1.12. The van der Waals surface area contributed by atoms with Crippen LogP contribution < -0.4 is 0 Å². The number of aryl methyl sites for hydroxylation is 1. The van der Waals surface area contributed by atoms with Crippen LogP contribution in [-0.2, 0) is 16.0 Å². The zero-order chi connectivity index (χ0) is 11.3. The van der Waals surface area contributed by atoms with Gasteiger partial charge in [0.1, 0.15) is 0 Å². The highest BCUT2D eigenvalue weighted by Crippen LogP contribution is 2.04. The van der Waals surface area contributed by atoms with E-state index in [1.54, 1.807) is 0 Å². The van der Waals surface area contributed by atoms with Crippen LogP contribution in [-0.4, -0.2) is 34.4 Å². The van der Waals surface area contributed by atoms with Crippen molar-refractivity contribution in [1.82, 2.24) is 10.2 Å². The summed E-state index contributed by atoms with van der Waals surface area (Å²) >= 11 is 0. The number of rotatable bonds is 5. The quantitative estimate of drug-likeness (QED) is 0.697. The SMILES string of the molecule is COC(=O)CCCc1cc(C(=O)O)n[nH]1. The van der Waals surface area contributed by atoms with E-state index in [0.29, 0.717) is 25.0 Å². The molecule has 0 aliphatic carbocycles. The number of esters is 1. The van der Waals surface area contributed by atoms with Crippen LogP contribution in [0.3, 0.4) is 0 Å². The Balaban J connectivity index is 2.38. The van der Waals surface area contributed by atoms with E-state index in [0.717, 1.165) is 0 Å². The molecule has 6 heteroatoms. The Morgan fingerprint density at radius 2 is 2.33 bits per heavy atom. The second-order valence-electron chi connectivity index (χ2n) is 3.01. The number of carboxylic acids is 1. The molecular formula is C9H12N2O4. The highest BCUT2D eigenvalue weighted by Gasteiger charge is 2.08. The van der Waals surface area contributed by atoms with Gasteiger partial charge in [-0.2, -0.15) is 5.10 Å². The summed E-state index contributed by atoms with van der Waals surface area (Å²) in [5.41, 5.74) is 0.694. The van der Waals surface area contributed by atoms with Gasteiger partial charge in [-0.1, -0.05) is 0 Å². The number of aromatic amines is 1. The first-order chi connectivity index (χ1) is 7.13. The number of aromatic nitrogens is 2. The second-order valence-corrected chi connectivity index (χ2v) is 3.01. The maximum atomic E-state index is 10.8. The van der Waals surface area contributed by atoms with Crippen LogP contribution in [0.1, 0.15) is 29.0 Å². The van der Waals surface area contributed by atoms with Crippen LogP contribution in [0.25, 0.3) is 0 Å². The van der Waals surface area contributed by atoms with Crippen LogP contribution in [0.2, 0.25) is 0 Å². The first-order valence-corrected chi connectivity index (χ1v) is 4.48. The number of hydrogen-bond acceptors (Lipinski definition) is 4. The van der Waals surface area contributed by atoms with Crippen molar-refractivity contribution in [3.63, 3.8) is 0 Å². The standard InChI is InChI=1S/C9H12N2O4/c1-15-8(12)4-2-3-6-5-7(9(13)14)11-10-6/h5H,2-4H2,1H3,(H,10,11)(H,13,14). The molecule has 0 saturated heterocycles. The minimum Gasteiger partial charge on any atom is -0.476 e. The molecule has 0 amide bonds. The first-order valence-electron chi connectivity index (χ1n) is 4.48. The van der Waals surface area contributed by atoms with Crippen LogP contribution in [0.5, 0.6) is 0 Å². The first kappa shape index (κ1) is 11.2. The molecule has 1 aromatic rings. The molecule has 0 aliphatic heterocycles. The number of nitrogens with zero attached hydrogens (tertiary/aromatic N) is 1. The number of nitrogens with one attached hydrogen (secondary N) is 1. The molecule has 0 unspecified atom stereocenters. The van der Waals surface area contributed by atoms with Crippen molar-refractivity contribution in [2.75, 3.05) is 7.11 Å². The van der Waals surface area contributed by atoms with Crippen LogP contribution in [0.15, 0.2) is 6.07 Å². The number of hydrogen-bond donors (Lipinski definition) is 2. The lowest BCUT2D eigenvalue weighted by Crippen LogP contribution is -2.00. The van der Waals surface area contributed by atoms with Gasteiger partial charge in [-0.3, -0.25) is 9.89 Å². The van der Waals surface area contributed by atoms with Gasteiger partial charge in [0.05, 0.1) is 7.11 Å². The highest BCUT2D eigenvalue weighted by atomic mass is 16.5. The molecule has 0 fully saturated rings. The van der Waals surface area contributed by atoms with Gasteiger partial charge in [0, 0.05) is 12.1 Å². The molecule has 0 aromatic carbocycles. The van der Waals surface area contributed by atoms with Crippen molar-refractivity contribution in [2.45, 2.75) is 19.3 Å². The molecule has 82 valence electrons. The van der Waals surface area contributed by atoms with Gasteiger partial charge in [-0.05, 0) is 18.9 Å². The van der Waals surface area contributed by atoms with Crippen LogP contribution in [0.4, 0.5) is 0 Å². The summed E-state index contributed by atoms with van der Waals surface area (Å²) in [4.78, 5) is 21.3. The van der Waals surface area contributed by atoms with E-state index in [1.165, 1.54) is 13.2 Å². The predicted molar refractivity (Wildman–Crippen MR) is 50.5 cm³/mol. The molecule has 0 saturated carbocycles. The molecule has 1 aromatic heterocycles. The van der Waals surface area contributed by atoms with Crippen molar-refractivity contribution in [1.29, 1.82) is 0 Å². The Morgan fingerprint density at radius 3 is 2.87 bits per heavy atom. The van der Waals surface area contributed by atoms with Gasteiger partial charge < -0.3 is 9.84 Å². The number of carbonyl (C=O) groups excluding carboxylic acids is 1. The lowest BCUT2D eigenvalue weighted by molar-refractivity contribution is -0.140. The summed E-state index contributed by atoms with van der Waals surface area (Å²) in [6.07, 6.45) is 1.50. The fraction of sp³-hybridized carbons (Fsp3) is 0.444. The van der Waals surface area contributed by atoms with E-state index in [4.69, 9.17) is 5.11 Å². The number of aromatic carboxylic acids is 1. The lowest BCUT2D eigenvalue weighted by atomic mass is 10.2. The Bertz CT molecular complexity index is 359. The molecule has 2 N–H and O–H groups in total. The van der Waals surface area contributed by atoms with Crippen molar-refractivity contribution in [2.24, 2.45) is 0 Å². The molecule has 0 bridgehead atoms. The van der Waals surface area contributed by atoms with Crippen LogP contribution >= 0.6 is 0 Å². The largest absolute Gasteiger partial charge is 0.476 e. The summed E-state index contributed by atoms with van der Waals surface area (Å²) in [5.74, 6) is -1.33. The van der Waals surface area contributed by atoms with Gasteiger partial charge in [0.25, 0.3) is 0 Å². The third-order valence-corrected chi connectivity index (χ3v) is 1.90. The van der Waals surface area contributed by atoms with E-state index < -0.39 is 5.97 Å². The normalized spacial score (nSPS) is 9.93. The summed E-state index contributed by atoms with van der Waals surface area (Å²) in [5, 5.41) is 14.8.